The summed E-state index contributed by atoms with van der Waals surface area (Å²) >= 11 is 0. The molecule has 2 aromatic carbocycles. The van der Waals surface area contributed by atoms with E-state index in [1.807, 2.05) is 18.2 Å². The average Bonchev–Trinajstić information content (AvgIpc) is 2.80. The van der Waals surface area contributed by atoms with E-state index in [2.05, 4.69) is 44.0 Å². The molecular weight excluding hydrogens is 370 g/mol. The number of carbonyl (C=O) groups excluding carboxylic acids is 1. The first kappa shape index (κ1) is 19.3. The molecule has 1 unspecified atom stereocenters. The van der Waals surface area contributed by atoms with Gasteiger partial charge in [-0.15, -0.1) is 0 Å². The number of hydrogen-bond acceptors (Lipinski definition) is 7. The maximum Gasteiger partial charge on any atom is 0.277 e. The number of hydroxylamine groups is 1. The molecule has 4 rings (SSSR count). The molecule has 0 aliphatic carbocycles. The molecule has 0 bridgehead atoms. The number of rotatable bonds is 5. The number of nitrogens with one attached hydrogen (secondary N) is 1. The quantitative estimate of drug-likeness (QED) is 0.447. The molecule has 150 valence electrons. The highest BCUT2D eigenvalue weighted by Crippen LogP contribution is 2.29. The molecule has 1 fully saturated rings. The van der Waals surface area contributed by atoms with Gasteiger partial charge in [-0.25, -0.2) is 15.4 Å². The zero-order valence-electron chi connectivity index (χ0n) is 15.9. The lowest BCUT2D eigenvalue weighted by Gasteiger charge is -2.39. The van der Waals surface area contributed by atoms with Crippen LogP contribution in [-0.2, 0) is 0 Å². The van der Waals surface area contributed by atoms with Gasteiger partial charge in [0, 0.05) is 38.6 Å². The van der Waals surface area contributed by atoms with Gasteiger partial charge in [-0.3, -0.25) is 14.9 Å². The molecule has 0 spiro atoms. The average molecular weight is 393 g/mol. The maximum absolute atomic E-state index is 11.4. The predicted molar refractivity (Wildman–Crippen MR) is 109 cm³/mol. The van der Waals surface area contributed by atoms with Crippen LogP contribution >= 0.6 is 0 Å². The van der Waals surface area contributed by atoms with Crippen LogP contribution in [0.4, 0.5) is 5.95 Å². The number of nitrogens with zero attached hydrogens (tertiary/aromatic N) is 4. The molecular formula is C21H23N5O3. The fourth-order valence-electron chi connectivity index (χ4n) is 3.85. The molecule has 8 nitrogen and oxygen atoms in total. The lowest BCUT2D eigenvalue weighted by Crippen LogP contribution is -2.49. The van der Waals surface area contributed by atoms with Crippen molar-refractivity contribution in [3.05, 3.63) is 66.0 Å². The molecule has 0 saturated carbocycles. The van der Waals surface area contributed by atoms with Crippen LogP contribution in [0.1, 0.15) is 22.0 Å². The minimum absolute atomic E-state index is 0.0511. The SMILES string of the molecule is O=C(NO)c1cnc(N2CCN(C(CO)c3cccc4ccccc34)CC2)nc1. The number of piperazine rings is 1. The van der Waals surface area contributed by atoms with Gasteiger partial charge in [-0.2, -0.15) is 0 Å². The van der Waals surface area contributed by atoms with E-state index in [-0.39, 0.29) is 18.2 Å². The predicted octanol–water partition coefficient (Wildman–Crippen LogP) is 1.60. The van der Waals surface area contributed by atoms with Crippen molar-refractivity contribution in [1.29, 1.82) is 0 Å². The highest BCUT2D eigenvalue weighted by molar-refractivity contribution is 5.92. The van der Waals surface area contributed by atoms with Gasteiger partial charge in [0.2, 0.25) is 5.95 Å². The number of aromatic nitrogens is 2. The van der Waals surface area contributed by atoms with E-state index in [0.29, 0.717) is 19.0 Å². The van der Waals surface area contributed by atoms with Gasteiger partial charge in [-0.1, -0.05) is 42.5 Å². The number of hydrogen-bond donors (Lipinski definition) is 3. The number of carbonyl (C=O) groups is 1. The number of amides is 1. The lowest BCUT2D eigenvalue weighted by molar-refractivity contribution is 0.0705. The van der Waals surface area contributed by atoms with Crippen LogP contribution in [0, 0.1) is 0 Å². The molecule has 1 saturated heterocycles. The summed E-state index contributed by atoms with van der Waals surface area (Å²) in [6.07, 6.45) is 2.79. The first-order chi connectivity index (χ1) is 14.2. The maximum atomic E-state index is 11.4. The Hall–Kier alpha value is -3.07. The number of aliphatic hydroxyl groups is 1. The fraction of sp³-hybridized carbons (Fsp3) is 0.286. The third-order valence-corrected chi connectivity index (χ3v) is 5.40. The van der Waals surface area contributed by atoms with Crippen molar-refractivity contribution in [2.75, 3.05) is 37.7 Å². The summed E-state index contributed by atoms with van der Waals surface area (Å²) in [5.41, 5.74) is 2.90. The van der Waals surface area contributed by atoms with Crippen LogP contribution in [0.25, 0.3) is 10.8 Å². The Labute approximate surface area is 168 Å². The Morgan fingerprint density at radius 3 is 2.41 bits per heavy atom. The minimum Gasteiger partial charge on any atom is -0.394 e. The molecule has 8 heteroatoms. The standard InChI is InChI=1S/C21H23N5O3/c27-14-19(18-7-3-5-15-4-1-2-6-17(15)18)25-8-10-26(11-9-25)21-22-12-16(13-23-21)20(28)24-29/h1-7,12-13,19,27,29H,8-11,14H2,(H,24,28). The second-order valence-electron chi connectivity index (χ2n) is 7.00. The molecule has 1 aliphatic heterocycles. The van der Waals surface area contributed by atoms with Crippen LogP contribution in [0.5, 0.6) is 0 Å². The monoisotopic (exact) mass is 393 g/mol. The molecule has 0 radical (unpaired) electrons. The summed E-state index contributed by atoms with van der Waals surface area (Å²) in [7, 11) is 0. The summed E-state index contributed by atoms with van der Waals surface area (Å²) in [6, 6.07) is 14.4. The van der Waals surface area contributed by atoms with Crippen molar-refractivity contribution < 1.29 is 15.1 Å². The van der Waals surface area contributed by atoms with E-state index in [9.17, 15) is 9.90 Å². The third kappa shape index (κ3) is 3.91. The van der Waals surface area contributed by atoms with Crippen LogP contribution in [-0.4, -0.2) is 63.9 Å². The van der Waals surface area contributed by atoms with Gasteiger partial charge in [0.1, 0.15) is 0 Å². The third-order valence-electron chi connectivity index (χ3n) is 5.40. The van der Waals surface area contributed by atoms with Crippen LogP contribution < -0.4 is 10.4 Å². The zero-order valence-corrected chi connectivity index (χ0v) is 15.9. The van der Waals surface area contributed by atoms with Gasteiger partial charge in [0.15, 0.2) is 0 Å². The lowest BCUT2D eigenvalue weighted by atomic mass is 9.97. The van der Waals surface area contributed by atoms with E-state index in [4.69, 9.17) is 5.21 Å². The second kappa shape index (κ2) is 8.52. The minimum atomic E-state index is -0.637. The first-order valence-electron chi connectivity index (χ1n) is 9.55. The Bertz CT molecular complexity index is 982. The van der Waals surface area contributed by atoms with Crippen LogP contribution in [0.2, 0.25) is 0 Å². The molecule has 2 heterocycles. The summed E-state index contributed by atoms with van der Waals surface area (Å²) < 4.78 is 0. The summed E-state index contributed by atoms with van der Waals surface area (Å²) in [5.74, 6) is -0.0907. The van der Waals surface area contributed by atoms with E-state index >= 15 is 0 Å². The van der Waals surface area contributed by atoms with Gasteiger partial charge >= 0.3 is 0 Å². The topological polar surface area (TPSA) is 102 Å². The molecule has 29 heavy (non-hydrogen) atoms. The van der Waals surface area contributed by atoms with Crippen molar-refractivity contribution in [2.45, 2.75) is 6.04 Å². The molecule has 3 aromatic rings. The van der Waals surface area contributed by atoms with Crippen molar-refractivity contribution in [1.82, 2.24) is 20.3 Å². The normalized spacial score (nSPS) is 16.0. The first-order valence-corrected chi connectivity index (χ1v) is 9.55. The highest BCUT2D eigenvalue weighted by Gasteiger charge is 2.26. The Morgan fingerprint density at radius 1 is 1.03 bits per heavy atom. The fourth-order valence-corrected chi connectivity index (χ4v) is 3.85. The molecule has 3 N–H and O–H groups in total. The number of aliphatic hydroxyl groups excluding tert-OH is 1. The van der Waals surface area contributed by atoms with Crippen molar-refractivity contribution >= 4 is 22.6 Å². The highest BCUT2D eigenvalue weighted by atomic mass is 16.5. The van der Waals surface area contributed by atoms with E-state index in [1.54, 1.807) is 5.48 Å². The molecule has 1 aromatic heterocycles. The van der Waals surface area contributed by atoms with Crippen LogP contribution in [0.3, 0.4) is 0 Å². The van der Waals surface area contributed by atoms with Crippen molar-refractivity contribution in [3.8, 4) is 0 Å². The van der Waals surface area contributed by atoms with Gasteiger partial charge in [0.25, 0.3) is 5.91 Å². The van der Waals surface area contributed by atoms with Gasteiger partial charge in [0.05, 0.1) is 18.2 Å². The number of anilines is 1. The smallest absolute Gasteiger partial charge is 0.277 e. The van der Waals surface area contributed by atoms with Crippen LogP contribution in [0.15, 0.2) is 54.9 Å². The van der Waals surface area contributed by atoms with Crippen molar-refractivity contribution in [3.63, 3.8) is 0 Å². The van der Waals surface area contributed by atoms with Gasteiger partial charge in [-0.05, 0) is 16.3 Å². The summed E-state index contributed by atoms with van der Waals surface area (Å²) in [6.45, 7) is 3.00. The van der Waals surface area contributed by atoms with E-state index in [1.165, 1.54) is 17.8 Å². The molecule has 1 atom stereocenters. The van der Waals surface area contributed by atoms with Crippen molar-refractivity contribution in [2.24, 2.45) is 0 Å². The Kier molecular flexibility index (Phi) is 5.66. The van der Waals surface area contributed by atoms with Gasteiger partial charge < -0.3 is 10.0 Å². The second-order valence-corrected chi connectivity index (χ2v) is 7.00. The van der Waals surface area contributed by atoms with E-state index < -0.39 is 5.91 Å². The number of benzene rings is 2. The summed E-state index contributed by atoms with van der Waals surface area (Å²) in [4.78, 5) is 24.2. The van der Waals surface area contributed by atoms with E-state index in [0.717, 1.165) is 24.0 Å². The molecule has 1 aliphatic rings. The zero-order chi connectivity index (χ0) is 20.2. The Balaban J connectivity index is 1.47. The summed E-state index contributed by atoms with van der Waals surface area (Å²) in [5, 5.41) is 21.2. The number of fused-ring (bicyclic) bond motifs is 1. The Morgan fingerprint density at radius 2 is 1.72 bits per heavy atom. The molecule has 1 amide bonds. The largest absolute Gasteiger partial charge is 0.394 e.